The number of aryl methyl sites for hydroxylation is 2. The summed E-state index contributed by atoms with van der Waals surface area (Å²) in [6.07, 6.45) is 1.73. The van der Waals surface area contributed by atoms with Crippen LogP contribution in [0.5, 0.6) is 5.75 Å². The largest absolute Gasteiger partial charge is 0.487 e. The van der Waals surface area contributed by atoms with Gasteiger partial charge in [-0.25, -0.2) is 13.9 Å². The second-order valence-corrected chi connectivity index (χ2v) is 6.28. The van der Waals surface area contributed by atoms with Gasteiger partial charge in [0.05, 0.1) is 11.9 Å². The molecule has 4 rings (SSSR count). The van der Waals surface area contributed by atoms with E-state index in [0.717, 1.165) is 22.2 Å². The first-order chi connectivity index (χ1) is 13.0. The lowest BCUT2D eigenvalue weighted by molar-refractivity contribution is 0.301. The van der Waals surface area contributed by atoms with Gasteiger partial charge in [0.2, 0.25) is 0 Å². The van der Waals surface area contributed by atoms with Crippen molar-refractivity contribution in [1.29, 1.82) is 0 Å². The Bertz CT molecular complexity index is 1200. The summed E-state index contributed by atoms with van der Waals surface area (Å²) in [5.74, 6) is 0.266. The molecule has 2 heterocycles. The fraction of sp³-hybridized carbons (Fsp3) is 0.150. The van der Waals surface area contributed by atoms with Gasteiger partial charge in [0.15, 0.2) is 0 Å². The molecular formula is C20H16FN3O3. The fourth-order valence-corrected chi connectivity index (χ4v) is 2.91. The summed E-state index contributed by atoms with van der Waals surface area (Å²) in [4.78, 5) is 11.5. The molecule has 0 aliphatic heterocycles. The zero-order valence-electron chi connectivity index (χ0n) is 14.8. The lowest BCUT2D eigenvalue weighted by Gasteiger charge is -2.06. The Balaban J connectivity index is 1.53. The number of nitrogens with zero attached hydrogens (tertiary/aromatic N) is 3. The van der Waals surface area contributed by atoms with Crippen LogP contribution in [0.2, 0.25) is 0 Å². The summed E-state index contributed by atoms with van der Waals surface area (Å²) in [5.41, 5.74) is 3.05. The highest BCUT2D eigenvalue weighted by Gasteiger charge is 2.08. The van der Waals surface area contributed by atoms with E-state index in [-0.39, 0.29) is 12.4 Å². The second-order valence-electron chi connectivity index (χ2n) is 6.28. The predicted octanol–water partition coefficient (Wildman–Crippen LogP) is 3.71. The third-order valence-corrected chi connectivity index (χ3v) is 4.26. The minimum atomic E-state index is -0.394. The predicted molar refractivity (Wildman–Crippen MR) is 97.6 cm³/mol. The number of hydrogen-bond acceptors (Lipinski definition) is 5. The molecule has 0 radical (unpaired) electrons. The maximum Gasteiger partial charge on any atom is 0.336 e. The Morgan fingerprint density at radius 1 is 1.11 bits per heavy atom. The van der Waals surface area contributed by atoms with Gasteiger partial charge in [-0.1, -0.05) is 5.21 Å². The van der Waals surface area contributed by atoms with Gasteiger partial charge < -0.3 is 9.15 Å². The Labute approximate surface area is 153 Å². The average Bonchev–Trinajstić information content (AvgIpc) is 3.08. The van der Waals surface area contributed by atoms with Crippen molar-refractivity contribution in [2.75, 3.05) is 0 Å². The second kappa shape index (κ2) is 6.68. The van der Waals surface area contributed by atoms with Crippen LogP contribution in [0.15, 0.2) is 57.9 Å². The number of rotatable bonds is 4. The molecule has 6 nitrogen and oxygen atoms in total. The van der Waals surface area contributed by atoms with Crippen LogP contribution in [0.4, 0.5) is 4.39 Å². The number of aromatic nitrogens is 3. The van der Waals surface area contributed by atoms with Crippen molar-refractivity contribution >= 4 is 11.0 Å². The zero-order valence-corrected chi connectivity index (χ0v) is 14.8. The van der Waals surface area contributed by atoms with Crippen molar-refractivity contribution in [3.8, 4) is 11.4 Å². The van der Waals surface area contributed by atoms with Gasteiger partial charge in [-0.15, -0.1) is 5.10 Å². The molecule has 7 heteroatoms. The minimum Gasteiger partial charge on any atom is -0.487 e. The number of ether oxygens (including phenoxy) is 1. The highest BCUT2D eigenvalue weighted by Crippen LogP contribution is 2.23. The van der Waals surface area contributed by atoms with Crippen LogP contribution in [0, 0.1) is 19.7 Å². The summed E-state index contributed by atoms with van der Waals surface area (Å²) in [7, 11) is 0. The van der Waals surface area contributed by atoms with E-state index in [1.54, 1.807) is 29.9 Å². The quantitative estimate of drug-likeness (QED) is 0.516. The molecule has 0 aliphatic carbocycles. The third-order valence-electron chi connectivity index (χ3n) is 4.26. The van der Waals surface area contributed by atoms with E-state index in [4.69, 9.17) is 9.15 Å². The fourth-order valence-electron chi connectivity index (χ4n) is 2.91. The smallest absolute Gasteiger partial charge is 0.336 e. The van der Waals surface area contributed by atoms with Gasteiger partial charge in [0.1, 0.15) is 29.5 Å². The molecule has 0 amide bonds. The van der Waals surface area contributed by atoms with Crippen LogP contribution in [0.1, 0.15) is 16.8 Å². The first-order valence-electron chi connectivity index (χ1n) is 8.35. The highest BCUT2D eigenvalue weighted by atomic mass is 19.1. The molecular weight excluding hydrogens is 349 g/mol. The maximum atomic E-state index is 13.2. The molecule has 0 saturated carbocycles. The van der Waals surface area contributed by atoms with Crippen LogP contribution < -0.4 is 10.4 Å². The van der Waals surface area contributed by atoms with E-state index in [1.165, 1.54) is 18.2 Å². The number of halogens is 1. The van der Waals surface area contributed by atoms with E-state index in [9.17, 15) is 9.18 Å². The summed E-state index contributed by atoms with van der Waals surface area (Å²) in [6, 6.07) is 11.3. The number of fused-ring (bicyclic) bond motifs is 1. The highest BCUT2D eigenvalue weighted by molar-refractivity contribution is 5.81. The van der Waals surface area contributed by atoms with Crippen LogP contribution in [0.3, 0.4) is 0 Å². The Hall–Kier alpha value is -3.48. The van der Waals surface area contributed by atoms with Gasteiger partial charge in [-0.2, -0.15) is 0 Å². The lowest BCUT2D eigenvalue weighted by atomic mass is 10.1. The van der Waals surface area contributed by atoms with E-state index in [1.807, 2.05) is 19.1 Å². The summed E-state index contributed by atoms with van der Waals surface area (Å²) in [6.45, 7) is 3.86. The van der Waals surface area contributed by atoms with Crippen molar-refractivity contribution in [2.24, 2.45) is 0 Å². The molecule has 0 unspecified atom stereocenters. The summed E-state index contributed by atoms with van der Waals surface area (Å²) < 4.78 is 25.8. The summed E-state index contributed by atoms with van der Waals surface area (Å²) >= 11 is 0. The van der Waals surface area contributed by atoms with Crippen LogP contribution in [0.25, 0.3) is 16.7 Å². The average molecular weight is 365 g/mol. The van der Waals surface area contributed by atoms with Crippen LogP contribution in [-0.4, -0.2) is 15.0 Å². The summed E-state index contributed by atoms with van der Waals surface area (Å²) in [5, 5.41) is 9.01. The zero-order chi connectivity index (χ0) is 19.0. The van der Waals surface area contributed by atoms with E-state index in [0.29, 0.717) is 17.0 Å². The van der Waals surface area contributed by atoms with Crippen molar-refractivity contribution < 1.29 is 13.5 Å². The van der Waals surface area contributed by atoms with Crippen LogP contribution >= 0.6 is 0 Å². The van der Waals surface area contributed by atoms with Gasteiger partial charge in [-0.05, 0) is 55.3 Å². The lowest BCUT2D eigenvalue weighted by Crippen LogP contribution is -1.99. The van der Waals surface area contributed by atoms with Crippen molar-refractivity contribution in [3.63, 3.8) is 0 Å². The molecule has 0 saturated heterocycles. The Kier molecular flexibility index (Phi) is 4.19. The first-order valence-corrected chi connectivity index (χ1v) is 8.35. The molecule has 0 atom stereocenters. The SMILES string of the molecule is Cc1cc(F)ccc1-n1cc(COc2ccc3c(C)cc(=O)oc3c2)nn1. The third kappa shape index (κ3) is 3.44. The first kappa shape index (κ1) is 17.0. The Morgan fingerprint density at radius 2 is 1.96 bits per heavy atom. The molecule has 136 valence electrons. The minimum absolute atomic E-state index is 0.196. The topological polar surface area (TPSA) is 70.2 Å². The molecule has 0 aliphatic rings. The van der Waals surface area contributed by atoms with E-state index < -0.39 is 5.63 Å². The normalized spacial score (nSPS) is 11.1. The molecule has 0 fully saturated rings. The van der Waals surface area contributed by atoms with E-state index >= 15 is 0 Å². The molecule has 27 heavy (non-hydrogen) atoms. The van der Waals surface area contributed by atoms with Gasteiger partial charge in [0, 0.05) is 17.5 Å². The number of hydrogen-bond donors (Lipinski definition) is 0. The molecule has 2 aromatic carbocycles. The van der Waals surface area contributed by atoms with Gasteiger partial charge in [-0.3, -0.25) is 0 Å². The van der Waals surface area contributed by atoms with Crippen molar-refractivity contribution in [1.82, 2.24) is 15.0 Å². The Morgan fingerprint density at radius 3 is 2.78 bits per heavy atom. The van der Waals surface area contributed by atoms with E-state index in [2.05, 4.69) is 10.3 Å². The number of benzene rings is 2. The van der Waals surface area contributed by atoms with Crippen LogP contribution in [-0.2, 0) is 6.61 Å². The van der Waals surface area contributed by atoms with Gasteiger partial charge >= 0.3 is 5.63 Å². The van der Waals surface area contributed by atoms with Crippen molar-refractivity contribution in [3.05, 3.63) is 81.7 Å². The molecule has 0 N–H and O–H groups in total. The molecule has 0 spiro atoms. The monoisotopic (exact) mass is 365 g/mol. The molecule has 0 bridgehead atoms. The maximum absolute atomic E-state index is 13.2. The van der Waals surface area contributed by atoms with Gasteiger partial charge in [0.25, 0.3) is 0 Å². The standard InChI is InChI=1S/C20H16FN3O3/c1-12-8-20(25)27-19-9-16(4-5-17(12)19)26-11-15-10-24(23-22-15)18-6-3-14(21)7-13(18)2/h3-10H,11H2,1-2H3. The molecule has 2 aromatic heterocycles. The van der Waals surface area contributed by atoms with Crippen molar-refractivity contribution in [2.45, 2.75) is 20.5 Å². The molecule has 4 aromatic rings.